The van der Waals surface area contributed by atoms with E-state index in [2.05, 4.69) is 20.7 Å². The first kappa shape index (κ1) is 16.9. The third-order valence-corrected chi connectivity index (χ3v) is 7.21. The Kier molecular flexibility index (Phi) is 6.09. The van der Waals surface area contributed by atoms with Gasteiger partial charge in [-0.05, 0) is 30.7 Å². The van der Waals surface area contributed by atoms with Crippen LogP contribution in [0.15, 0.2) is 21.5 Å². The molecule has 0 spiro atoms. The van der Waals surface area contributed by atoms with Gasteiger partial charge in [-0.2, -0.15) is 11.8 Å². The fourth-order valence-corrected chi connectivity index (χ4v) is 6.39. The third-order valence-electron chi connectivity index (χ3n) is 3.01. The summed E-state index contributed by atoms with van der Waals surface area (Å²) in [5.74, 6) is 1.09. The Balaban J connectivity index is 2.14. The van der Waals surface area contributed by atoms with Crippen LogP contribution in [0, 0.1) is 0 Å². The third kappa shape index (κ3) is 4.27. The van der Waals surface area contributed by atoms with E-state index in [9.17, 15) is 8.42 Å². The van der Waals surface area contributed by atoms with Crippen molar-refractivity contribution in [2.75, 3.05) is 12.3 Å². The van der Waals surface area contributed by atoms with Crippen LogP contribution in [0.25, 0.3) is 0 Å². The molecule has 3 nitrogen and oxygen atoms in total. The Morgan fingerprint density at radius 3 is 2.50 bits per heavy atom. The molecule has 1 N–H and O–H groups in total. The summed E-state index contributed by atoms with van der Waals surface area (Å²) in [6, 6.07) is 3.05. The van der Waals surface area contributed by atoms with E-state index in [1.807, 2.05) is 11.8 Å². The number of sulfonamides is 1. The average molecular weight is 419 g/mol. The average Bonchev–Trinajstić information content (AvgIpc) is 2.36. The van der Waals surface area contributed by atoms with Crippen molar-refractivity contribution < 1.29 is 8.42 Å². The van der Waals surface area contributed by atoms with Gasteiger partial charge < -0.3 is 0 Å². The summed E-state index contributed by atoms with van der Waals surface area (Å²) in [5.41, 5.74) is 0. The molecule has 2 rings (SSSR count). The molecule has 1 aliphatic rings. The SMILES string of the molecule is O=S(=O)(NCC1CCCCS1)c1c(Cl)cc(Br)cc1Cl. The van der Waals surface area contributed by atoms with Crippen LogP contribution in [0.1, 0.15) is 19.3 Å². The molecule has 1 saturated heterocycles. The molecule has 0 aromatic heterocycles. The number of nitrogens with one attached hydrogen (secondary N) is 1. The summed E-state index contributed by atoms with van der Waals surface area (Å²) in [4.78, 5) is -0.0511. The highest BCUT2D eigenvalue weighted by Gasteiger charge is 2.24. The first-order chi connectivity index (χ1) is 9.40. The van der Waals surface area contributed by atoms with Gasteiger partial charge in [-0.25, -0.2) is 13.1 Å². The maximum atomic E-state index is 12.3. The summed E-state index contributed by atoms with van der Waals surface area (Å²) in [5, 5.41) is 0.563. The first-order valence-corrected chi connectivity index (χ1v) is 10.2. The van der Waals surface area contributed by atoms with Gasteiger partial charge in [0.05, 0.1) is 10.0 Å². The van der Waals surface area contributed by atoms with Gasteiger partial charge in [0.15, 0.2) is 0 Å². The summed E-state index contributed by atoms with van der Waals surface area (Å²) in [6.07, 6.45) is 3.40. The Bertz CT molecular complexity index is 566. The van der Waals surface area contributed by atoms with Crippen molar-refractivity contribution in [1.82, 2.24) is 4.72 Å². The lowest BCUT2D eigenvalue weighted by Gasteiger charge is -2.21. The van der Waals surface area contributed by atoms with E-state index < -0.39 is 10.0 Å². The number of thioether (sulfide) groups is 1. The molecule has 1 aromatic carbocycles. The quantitative estimate of drug-likeness (QED) is 0.791. The smallest absolute Gasteiger partial charge is 0.210 e. The highest BCUT2D eigenvalue weighted by atomic mass is 79.9. The second kappa shape index (κ2) is 7.20. The van der Waals surface area contributed by atoms with E-state index >= 15 is 0 Å². The monoisotopic (exact) mass is 417 g/mol. The first-order valence-electron chi connectivity index (χ1n) is 6.16. The molecule has 1 atom stereocenters. The molecular formula is C12H14BrCl2NO2S2. The van der Waals surface area contributed by atoms with Crippen molar-refractivity contribution in [2.24, 2.45) is 0 Å². The van der Waals surface area contributed by atoms with Crippen LogP contribution in [0.4, 0.5) is 0 Å². The summed E-state index contributed by atoms with van der Waals surface area (Å²) < 4.78 is 27.9. The van der Waals surface area contributed by atoms with Crippen LogP contribution in [-0.2, 0) is 10.0 Å². The van der Waals surface area contributed by atoms with Gasteiger partial charge >= 0.3 is 0 Å². The number of benzene rings is 1. The van der Waals surface area contributed by atoms with E-state index in [-0.39, 0.29) is 14.9 Å². The molecule has 1 aliphatic heterocycles. The van der Waals surface area contributed by atoms with Crippen LogP contribution in [0.5, 0.6) is 0 Å². The predicted octanol–water partition coefficient (Wildman–Crippen LogP) is 4.32. The van der Waals surface area contributed by atoms with E-state index in [1.54, 1.807) is 0 Å². The van der Waals surface area contributed by atoms with E-state index in [0.29, 0.717) is 16.3 Å². The van der Waals surface area contributed by atoms with Gasteiger partial charge in [-0.3, -0.25) is 0 Å². The van der Waals surface area contributed by atoms with Gasteiger partial charge in [-0.15, -0.1) is 0 Å². The zero-order valence-corrected chi connectivity index (χ0v) is 15.3. The Labute approximate surface area is 142 Å². The molecule has 1 fully saturated rings. The van der Waals surface area contributed by atoms with E-state index in [1.165, 1.54) is 18.6 Å². The van der Waals surface area contributed by atoms with Crippen molar-refractivity contribution in [3.05, 3.63) is 26.7 Å². The standard InChI is InChI=1S/C12H14BrCl2NO2S2/c13-8-5-10(14)12(11(15)6-8)20(17,18)16-7-9-3-1-2-4-19-9/h5-6,9,16H,1-4,7H2. The minimum atomic E-state index is -3.69. The molecule has 0 radical (unpaired) electrons. The van der Waals surface area contributed by atoms with Crippen LogP contribution >= 0.6 is 50.9 Å². The zero-order chi connectivity index (χ0) is 14.8. The lowest BCUT2D eigenvalue weighted by molar-refractivity contribution is 0.574. The fraction of sp³-hybridized carbons (Fsp3) is 0.500. The van der Waals surface area contributed by atoms with Crippen LogP contribution < -0.4 is 4.72 Å². The minimum Gasteiger partial charge on any atom is -0.210 e. The molecule has 0 bridgehead atoms. The van der Waals surface area contributed by atoms with Crippen molar-refractivity contribution in [3.63, 3.8) is 0 Å². The highest BCUT2D eigenvalue weighted by molar-refractivity contribution is 9.10. The van der Waals surface area contributed by atoms with Crippen LogP contribution in [0.3, 0.4) is 0 Å². The van der Waals surface area contributed by atoms with Crippen LogP contribution in [-0.4, -0.2) is 26.0 Å². The molecule has 8 heteroatoms. The van der Waals surface area contributed by atoms with Gasteiger partial charge in [-0.1, -0.05) is 45.6 Å². The molecule has 0 amide bonds. The molecule has 0 aliphatic carbocycles. The van der Waals surface area contributed by atoms with E-state index in [4.69, 9.17) is 23.2 Å². The van der Waals surface area contributed by atoms with Gasteiger partial charge in [0.1, 0.15) is 4.90 Å². The molecule has 1 unspecified atom stereocenters. The largest absolute Gasteiger partial charge is 0.243 e. The highest BCUT2D eigenvalue weighted by Crippen LogP contribution is 2.33. The number of halogens is 3. The Morgan fingerprint density at radius 1 is 1.30 bits per heavy atom. The molecule has 1 aromatic rings. The second-order valence-electron chi connectivity index (χ2n) is 4.54. The van der Waals surface area contributed by atoms with Crippen molar-refractivity contribution in [1.29, 1.82) is 0 Å². The van der Waals surface area contributed by atoms with E-state index in [0.717, 1.165) is 18.6 Å². The lowest BCUT2D eigenvalue weighted by Crippen LogP contribution is -2.32. The van der Waals surface area contributed by atoms with Crippen molar-refractivity contribution in [3.8, 4) is 0 Å². The number of hydrogen-bond acceptors (Lipinski definition) is 3. The number of hydrogen-bond donors (Lipinski definition) is 1. The summed E-state index contributed by atoms with van der Waals surface area (Å²) in [7, 11) is -3.69. The van der Waals surface area contributed by atoms with Crippen molar-refractivity contribution in [2.45, 2.75) is 29.4 Å². The van der Waals surface area contributed by atoms with Crippen molar-refractivity contribution >= 4 is 60.9 Å². The normalized spacial score (nSPS) is 20.1. The molecule has 0 saturated carbocycles. The molecule has 20 heavy (non-hydrogen) atoms. The minimum absolute atomic E-state index is 0.0511. The molecule has 112 valence electrons. The molecule has 1 heterocycles. The molecular weight excluding hydrogens is 405 g/mol. The Hall–Kier alpha value is 0.540. The van der Waals surface area contributed by atoms with Gasteiger partial charge in [0.25, 0.3) is 0 Å². The topological polar surface area (TPSA) is 46.2 Å². The lowest BCUT2D eigenvalue weighted by atomic mass is 10.2. The fourth-order valence-electron chi connectivity index (χ4n) is 2.03. The van der Waals surface area contributed by atoms with Crippen LogP contribution in [0.2, 0.25) is 10.0 Å². The number of rotatable bonds is 4. The zero-order valence-electron chi connectivity index (χ0n) is 10.5. The maximum absolute atomic E-state index is 12.3. The summed E-state index contributed by atoms with van der Waals surface area (Å²) in [6.45, 7) is 0.412. The second-order valence-corrected chi connectivity index (χ2v) is 9.38. The summed E-state index contributed by atoms with van der Waals surface area (Å²) >= 11 is 17.0. The van der Waals surface area contributed by atoms with Gasteiger partial charge in [0.2, 0.25) is 10.0 Å². The van der Waals surface area contributed by atoms with Gasteiger partial charge in [0, 0.05) is 16.3 Å². The predicted molar refractivity (Wildman–Crippen MR) is 89.4 cm³/mol. The maximum Gasteiger partial charge on any atom is 0.243 e. The Morgan fingerprint density at radius 2 is 1.95 bits per heavy atom.